The van der Waals surface area contributed by atoms with Gasteiger partial charge in [-0.25, -0.2) is 4.98 Å². The van der Waals surface area contributed by atoms with Gasteiger partial charge in [0, 0.05) is 18.3 Å². The van der Waals surface area contributed by atoms with Gasteiger partial charge in [-0.2, -0.15) is 20.3 Å². The van der Waals surface area contributed by atoms with Crippen molar-refractivity contribution in [3.05, 3.63) is 53.3 Å². The van der Waals surface area contributed by atoms with E-state index in [1.807, 2.05) is 24.3 Å². The first-order valence-corrected chi connectivity index (χ1v) is 11.3. The summed E-state index contributed by atoms with van der Waals surface area (Å²) in [7, 11) is 0. The third-order valence-electron chi connectivity index (χ3n) is 5.17. The van der Waals surface area contributed by atoms with Gasteiger partial charge in [-0.15, -0.1) is 0 Å². The van der Waals surface area contributed by atoms with Gasteiger partial charge in [0.2, 0.25) is 0 Å². The number of anilines is 3. The fraction of sp³-hybridized carbons (Fsp3) is 0.375. The number of rotatable bonds is 11. The highest BCUT2D eigenvalue weighted by molar-refractivity contribution is 5.99. The summed E-state index contributed by atoms with van der Waals surface area (Å²) < 4.78 is 0. The SMILES string of the molecule is CCCc1cnn(-c2cccc(Nc3nc(NC(CN)CC(C)C)c(C#N)cc3C(N)=O)c2)n1. The monoisotopic (exact) mass is 461 g/mol. The Morgan fingerprint density at radius 2 is 2.06 bits per heavy atom. The first-order chi connectivity index (χ1) is 16.3. The normalized spacial score (nSPS) is 11.8. The molecule has 3 rings (SSSR count). The summed E-state index contributed by atoms with van der Waals surface area (Å²) in [5.41, 5.74) is 14.2. The Bertz CT molecular complexity index is 1180. The van der Waals surface area contributed by atoms with Crippen LogP contribution in [0.3, 0.4) is 0 Å². The minimum absolute atomic E-state index is 0.0709. The molecule has 0 aliphatic heterocycles. The third-order valence-corrected chi connectivity index (χ3v) is 5.17. The van der Waals surface area contributed by atoms with Crippen molar-refractivity contribution in [1.82, 2.24) is 20.0 Å². The average molecular weight is 462 g/mol. The van der Waals surface area contributed by atoms with Crippen LogP contribution in [-0.4, -0.2) is 38.5 Å². The standard InChI is InChI=1S/C24H31N9O/c1-4-6-18-14-28-33(32-18)20-8-5-7-17(11-20)29-24-21(22(27)34)10-16(12-25)23(31-24)30-19(13-26)9-15(2)3/h5,7-8,10-11,14-15,19H,4,6,9,13,26H2,1-3H3,(H2,27,34)(H2,29,30,31). The molecule has 2 aromatic heterocycles. The molecule has 0 saturated carbocycles. The van der Waals surface area contributed by atoms with Crippen LogP contribution in [0.1, 0.15) is 55.2 Å². The van der Waals surface area contributed by atoms with E-state index in [0.717, 1.165) is 30.6 Å². The van der Waals surface area contributed by atoms with Crippen molar-refractivity contribution in [3.63, 3.8) is 0 Å². The van der Waals surface area contributed by atoms with Crippen LogP contribution in [0.15, 0.2) is 36.5 Å². The average Bonchev–Trinajstić information content (AvgIpc) is 3.27. The Balaban J connectivity index is 1.95. The minimum Gasteiger partial charge on any atom is -0.365 e. The van der Waals surface area contributed by atoms with Gasteiger partial charge in [-0.3, -0.25) is 4.79 Å². The molecule has 34 heavy (non-hydrogen) atoms. The van der Waals surface area contributed by atoms with Gasteiger partial charge < -0.3 is 22.1 Å². The summed E-state index contributed by atoms with van der Waals surface area (Å²) in [6, 6.07) is 10.9. The maximum atomic E-state index is 12.1. The molecule has 3 aromatic rings. The molecule has 0 bridgehead atoms. The number of nitrogens with one attached hydrogen (secondary N) is 2. The lowest BCUT2D eigenvalue weighted by atomic mass is 10.0. The molecule has 0 spiro atoms. The Hall–Kier alpha value is -3.97. The molecule has 10 nitrogen and oxygen atoms in total. The van der Waals surface area contributed by atoms with Crippen LogP contribution in [0.4, 0.5) is 17.3 Å². The van der Waals surface area contributed by atoms with Crippen molar-refractivity contribution in [1.29, 1.82) is 5.26 Å². The number of nitrogens with two attached hydrogens (primary N) is 2. The number of benzene rings is 1. The lowest BCUT2D eigenvalue weighted by Gasteiger charge is -2.21. The van der Waals surface area contributed by atoms with Crippen molar-refractivity contribution in [3.8, 4) is 11.8 Å². The molecule has 1 unspecified atom stereocenters. The van der Waals surface area contributed by atoms with Gasteiger partial charge in [0.1, 0.15) is 17.7 Å². The fourth-order valence-corrected chi connectivity index (χ4v) is 3.60. The van der Waals surface area contributed by atoms with Gasteiger partial charge in [0.15, 0.2) is 0 Å². The fourth-order valence-electron chi connectivity index (χ4n) is 3.60. The highest BCUT2D eigenvalue weighted by Crippen LogP contribution is 2.26. The smallest absolute Gasteiger partial charge is 0.252 e. The summed E-state index contributed by atoms with van der Waals surface area (Å²) in [5, 5.41) is 24.9. The zero-order chi connectivity index (χ0) is 24.7. The number of primary amides is 1. The van der Waals surface area contributed by atoms with E-state index in [1.165, 1.54) is 6.07 Å². The van der Waals surface area contributed by atoms with Crippen LogP contribution in [0.5, 0.6) is 0 Å². The number of carbonyl (C=O) groups is 1. The number of nitrogens with zero attached hydrogens (tertiary/aromatic N) is 5. The molecule has 0 fully saturated rings. The molecule has 178 valence electrons. The molecule has 2 heterocycles. The number of amides is 1. The molecule has 1 amide bonds. The minimum atomic E-state index is -0.690. The Morgan fingerprint density at radius 1 is 1.26 bits per heavy atom. The number of hydrogen-bond donors (Lipinski definition) is 4. The molecule has 0 aliphatic rings. The summed E-state index contributed by atoms with van der Waals surface area (Å²) in [4.78, 5) is 18.2. The molecule has 6 N–H and O–H groups in total. The van der Waals surface area contributed by atoms with Crippen molar-refractivity contribution in [2.24, 2.45) is 17.4 Å². The third kappa shape index (κ3) is 6.08. The zero-order valence-corrected chi connectivity index (χ0v) is 19.7. The molecular weight excluding hydrogens is 430 g/mol. The number of aromatic nitrogens is 4. The molecule has 1 aromatic carbocycles. The second-order valence-electron chi connectivity index (χ2n) is 8.51. The second-order valence-corrected chi connectivity index (χ2v) is 8.51. The number of aryl methyl sites for hydroxylation is 1. The number of nitriles is 1. The van der Waals surface area contributed by atoms with Gasteiger partial charge in [0.05, 0.1) is 28.7 Å². The molecule has 10 heteroatoms. The van der Waals surface area contributed by atoms with Crippen LogP contribution >= 0.6 is 0 Å². The summed E-state index contributed by atoms with van der Waals surface area (Å²) in [5.74, 6) is 0.307. The molecule has 0 radical (unpaired) electrons. The molecule has 0 saturated heterocycles. The van der Waals surface area contributed by atoms with Crippen LogP contribution in [0, 0.1) is 17.2 Å². The van der Waals surface area contributed by atoms with E-state index in [0.29, 0.717) is 24.0 Å². The lowest BCUT2D eigenvalue weighted by molar-refractivity contribution is 0.100. The number of carbonyl (C=O) groups excluding carboxylic acids is 1. The summed E-state index contributed by atoms with van der Waals surface area (Å²) >= 11 is 0. The van der Waals surface area contributed by atoms with Gasteiger partial charge >= 0.3 is 0 Å². The van der Waals surface area contributed by atoms with Crippen molar-refractivity contribution >= 4 is 23.2 Å². The maximum absolute atomic E-state index is 12.1. The lowest BCUT2D eigenvalue weighted by Crippen LogP contribution is -2.31. The van der Waals surface area contributed by atoms with Gasteiger partial charge in [-0.1, -0.05) is 33.3 Å². The summed E-state index contributed by atoms with van der Waals surface area (Å²) in [6.07, 6.45) is 4.40. The topological polar surface area (TPSA) is 161 Å². The van der Waals surface area contributed by atoms with Gasteiger partial charge in [-0.05, 0) is 43.0 Å². The zero-order valence-electron chi connectivity index (χ0n) is 19.7. The maximum Gasteiger partial charge on any atom is 0.252 e. The molecular formula is C24H31N9O. The van der Waals surface area contributed by atoms with Gasteiger partial charge in [0.25, 0.3) is 5.91 Å². The Kier molecular flexibility index (Phi) is 8.16. The summed E-state index contributed by atoms with van der Waals surface area (Å²) in [6.45, 7) is 6.66. The van der Waals surface area contributed by atoms with Crippen molar-refractivity contribution in [2.45, 2.75) is 46.1 Å². The Morgan fingerprint density at radius 3 is 2.71 bits per heavy atom. The second kappa shape index (κ2) is 11.2. The largest absolute Gasteiger partial charge is 0.365 e. The van der Waals surface area contributed by atoms with E-state index in [9.17, 15) is 10.1 Å². The van der Waals surface area contributed by atoms with E-state index in [-0.39, 0.29) is 23.0 Å². The van der Waals surface area contributed by atoms with Crippen LogP contribution < -0.4 is 22.1 Å². The van der Waals surface area contributed by atoms with E-state index in [2.05, 4.69) is 52.7 Å². The van der Waals surface area contributed by atoms with Crippen LogP contribution in [0.25, 0.3) is 5.69 Å². The highest BCUT2D eigenvalue weighted by atomic mass is 16.1. The predicted octanol–water partition coefficient (Wildman–Crippen LogP) is 3.11. The van der Waals surface area contributed by atoms with E-state index >= 15 is 0 Å². The number of pyridine rings is 1. The highest BCUT2D eigenvalue weighted by Gasteiger charge is 2.19. The van der Waals surface area contributed by atoms with E-state index in [4.69, 9.17) is 11.5 Å². The van der Waals surface area contributed by atoms with Crippen molar-refractivity contribution in [2.75, 3.05) is 17.2 Å². The molecule has 1 atom stereocenters. The first-order valence-electron chi connectivity index (χ1n) is 11.3. The molecule has 0 aliphatic carbocycles. The number of hydrogen-bond acceptors (Lipinski definition) is 8. The van der Waals surface area contributed by atoms with Crippen LogP contribution in [0.2, 0.25) is 0 Å². The van der Waals surface area contributed by atoms with E-state index in [1.54, 1.807) is 11.0 Å². The van der Waals surface area contributed by atoms with E-state index < -0.39 is 5.91 Å². The first kappa shape index (κ1) is 24.7. The van der Waals surface area contributed by atoms with Crippen molar-refractivity contribution < 1.29 is 4.79 Å². The quantitative estimate of drug-likeness (QED) is 0.339. The van der Waals surface area contributed by atoms with Crippen LogP contribution in [-0.2, 0) is 6.42 Å². The Labute approximate surface area is 199 Å². The predicted molar refractivity (Wildman–Crippen MR) is 132 cm³/mol.